The van der Waals surface area contributed by atoms with Crippen LogP contribution in [0.4, 0.5) is 11.5 Å². The average molecular weight is 292 g/mol. The zero-order valence-electron chi connectivity index (χ0n) is 11.8. The second-order valence-electron chi connectivity index (χ2n) is 5.56. The number of aromatic nitrogens is 3. The quantitative estimate of drug-likeness (QED) is 0.850. The molecule has 2 aromatic heterocycles. The van der Waals surface area contributed by atoms with E-state index in [0.717, 1.165) is 5.56 Å². The number of nitrogens with one attached hydrogen (secondary N) is 1. The molecule has 0 radical (unpaired) electrons. The second kappa shape index (κ2) is 5.63. The molecule has 0 saturated carbocycles. The van der Waals surface area contributed by atoms with Gasteiger partial charge < -0.3 is 11.1 Å². The molecule has 0 aliphatic carbocycles. The molecule has 0 saturated heterocycles. The molecule has 20 heavy (non-hydrogen) atoms. The molecule has 2 heterocycles. The van der Waals surface area contributed by atoms with Gasteiger partial charge in [-0.1, -0.05) is 32.4 Å². The Morgan fingerprint density at radius 2 is 1.85 bits per heavy atom. The zero-order chi connectivity index (χ0) is 14.8. The number of hydrogen-bond acceptors (Lipinski definition) is 5. The second-order valence-corrected chi connectivity index (χ2v) is 5.92. The predicted molar refractivity (Wildman–Crippen MR) is 81.7 cm³/mol. The highest BCUT2D eigenvalue weighted by atomic mass is 35.5. The molecule has 2 aromatic rings. The lowest BCUT2D eigenvalue weighted by Crippen LogP contribution is -2.18. The summed E-state index contributed by atoms with van der Waals surface area (Å²) in [5.74, 6) is 1.22. The lowest BCUT2D eigenvalue weighted by atomic mass is 9.96. The van der Waals surface area contributed by atoms with Gasteiger partial charge >= 0.3 is 0 Å². The Labute approximate surface area is 123 Å². The first-order valence-electron chi connectivity index (χ1n) is 6.34. The van der Waals surface area contributed by atoms with Crippen LogP contribution in [0.3, 0.4) is 0 Å². The molecule has 0 amide bonds. The summed E-state index contributed by atoms with van der Waals surface area (Å²) in [6.07, 6.45) is 3.49. The normalized spacial score (nSPS) is 11.4. The fourth-order valence-corrected chi connectivity index (χ4v) is 1.77. The molecule has 3 N–H and O–H groups in total. The third-order valence-corrected chi connectivity index (χ3v) is 3.07. The number of hydrogen-bond donors (Lipinski definition) is 2. The van der Waals surface area contributed by atoms with Crippen molar-refractivity contribution in [3.05, 3.63) is 41.1 Å². The van der Waals surface area contributed by atoms with Crippen molar-refractivity contribution in [2.45, 2.75) is 32.7 Å². The zero-order valence-corrected chi connectivity index (χ0v) is 12.6. The van der Waals surface area contributed by atoms with Crippen molar-refractivity contribution in [2.75, 3.05) is 11.1 Å². The van der Waals surface area contributed by atoms with Crippen LogP contribution in [0.1, 0.15) is 32.2 Å². The van der Waals surface area contributed by atoms with Crippen LogP contribution in [-0.2, 0) is 12.0 Å². The van der Waals surface area contributed by atoms with Gasteiger partial charge in [0.25, 0.3) is 0 Å². The maximum Gasteiger partial charge on any atom is 0.157 e. The largest absolute Gasteiger partial charge is 0.393 e. The molecule has 0 bridgehead atoms. The van der Waals surface area contributed by atoms with Gasteiger partial charge in [-0.05, 0) is 17.7 Å². The number of nitrogen functional groups attached to an aromatic ring is 1. The Morgan fingerprint density at radius 1 is 1.20 bits per heavy atom. The molecule has 0 fully saturated rings. The highest BCUT2D eigenvalue weighted by molar-refractivity contribution is 6.32. The highest BCUT2D eigenvalue weighted by Gasteiger charge is 2.20. The van der Waals surface area contributed by atoms with Crippen molar-refractivity contribution in [3.63, 3.8) is 0 Å². The minimum absolute atomic E-state index is 0.190. The van der Waals surface area contributed by atoms with E-state index in [2.05, 4.69) is 20.3 Å². The van der Waals surface area contributed by atoms with Gasteiger partial charge in [0.2, 0.25) is 0 Å². The Morgan fingerprint density at radius 3 is 2.45 bits per heavy atom. The van der Waals surface area contributed by atoms with Crippen molar-refractivity contribution in [3.8, 4) is 0 Å². The minimum Gasteiger partial charge on any atom is -0.393 e. The van der Waals surface area contributed by atoms with E-state index >= 15 is 0 Å². The summed E-state index contributed by atoms with van der Waals surface area (Å²) in [6.45, 7) is 6.69. The van der Waals surface area contributed by atoms with E-state index in [4.69, 9.17) is 17.3 Å². The van der Waals surface area contributed by atoms with E-state index in [9.17, 15) is 0 Å². The standard InChI is InChI=1S/C14H18ClN5/c1-14(2,3)13-19-11(15)10(16)12(20-13)18-8-9-4-6-17-7-5-9/h4-7H,8,16H2,1-3H3,(H,18,19,20). The fraction of sp³-hybridized carbons (Fsp3) is 0.357. The van der Waals surface area contributed by atoms with Crippen molar-refractivity contribution in [1.82, 2.24) is 15.0 Å². The van der Waals surface area contributed by atoms with Gasteiger partial charge in [0.05, 0.1) is 0 Å². The molecule has 106 valence electrons. The van der Waals surface area contributed by atoms with Crippen LogP contribution in [-0.4, -0.2) is 15.0 Å². The van der Waals surface area contributed by atoms with E-state index in [-0.39, 0.29) is 10.6 Å². The monoisotopic (exact) mass is 291 g/mol. The first-order valence-corrected chi connectivity index (χ1v) is 6.72. The van der Waals surface area contributed by atoms with Gasteiger partial charge in [0, 0.05) is 24.4 Å². The smallest absolute Gasteiger partial charge is 0.157 e. The molecule has 0 unspecified atom stereocenters. The lowest BCUT2D eigenvalue weighted by Gasteiger charge is -2.19. The number of halogens is 1. The van der Waals surface area contributed by atoms with Gasteiger partial charge in [-0.25, -0.2) is 9.97 Å². The maximum atomic E-state index is 6.08. The van der Waals surface area contributed by atoms with E-state index in [1.165, 1.54) is 0 Å². The van der Waals surface area contributed by atoms with E-state index in [1.54, 1.807) is 12.4 Å². The van der Waals surface area contributed by atoms with Gasteiger partial charge in [-0.2, -0.15) is 0 Å². The Hall–Kier alpha value is -1.88. The van der Waals surface area contributed by atoms with Gasteiger partial charge in [0.1, 0.15) is 11.5 Å². The minimum atomic E-state index is -0.190. The number of pyridine rings is 1. The Kier molecular flexibility index (Phi) is 4.09. The number of nitrogens with two attached hydrogens (primary N) is 1. The van der Waals surface area contributed by atoms with Crippen molar-refractivity contribution in [1.29, 1.82) is 0 Å². The van der Waals surface area contributed by atoms with Gasteiger partial charge in [0.15, 0.2) is 11.0 Å². The van der Waals surface area contributed by atoms with Gasteiger partial charge in [-0.3, -0.25) is 4.98 Å². The van der Waals surface area contributed by atoms with E-state index in [1.807, 2.05) is 32.9 Å². The summed E-state index contributed by atoms with van der Waals surface area (Å²) < 4.78 is 0. The Balaban J connectivity index is 2.25. The summed E-state index contributed by atoms with van der Waals surface area (Å²) in [5.41, 5.74) is 7.20. The molecule has 5 nitrogen and oxygen atoms in total. The van der Waals surface area contributed by atoms with Crippen molar-refractivity contribution >= 4 is 23.1 Å². The first-order chi connectivity index (χ1) is 9.38. The lowest BCUT2D eigenvalue weighted by molar-refractivity contribution is 0.546. The predicted octanol–water partition coefficient (Wildman–Crippen LogP) is 3.02. The molecule has 2 rings (SSSR count). The number of nitrogens with zero attached hydrogens (tertiary/aromatic N) is 3. The summed E-state index contributed by atoms with van der Waals surface area (Å²) in [7, 11) is 0. The third kappa shape index (κ3) is 3.36. The van der Waals surface area contributed by atoms with Crippen LogP contribution in [0.5, 0.6) is 0 Å². The number of rotatable bonds is 3. The summed E-state index contributed by atoms with van der Waals surface area (Å²) in [4.78, 5) is 12.7. The van der Waals surface area contributed by atoms with Crippen LogP contribution in [0.15, 0.2) is 24.5 Å². The molecule has 0 aromatic carbocycles. The fourth-order valence-electron chi connectivity index (χ4n) is 1.60. The van der Waals surface area contributed by atoms with Crippen LogP contribution >= 0.6 is 11.6 Å². The van der Waals surface area contributed by atoms with Crippen LogP contribution in [0.2, 0.25) is 5.15 Å². The summed E-state index contributed by atoms with van der Waals surface area (Å²) in [6, 6.07) is 3.85. The first kappa shape index (κ1) is 14.5. The summed E-state index contributed by atoms with van der Waals surface area (Å²) in [5, 5.41) is 3.47. The molecule has 0 spiro atoms. The average Bonchev–Trinajstić information content (AvgIpc) is 2.40. The third-order valence-electron chi connectivity index (χ3n) is 2.78. The Bertz CT molecular complexity index is 593. The van der Waals surface area contributed by atoms with Crippen molar-refractivity contribution < 1.29 is 0 Å². The molecule has 6 heteroatoms. The molecule has 0 atom stereocenters. The summed E-state index contributed by atoms with van der Waals surface area (Å²) >= 11 is 6.08. The van der Waals surface area contributed by atoms with Crippen molar-refractivity contribution in [2.24, 2.45) is 0 Å². The SMILES string of the molecule is CC(C)(C)c1nc(Cl)c(N)c(NCc2ccncc2)n1. The van der Waals surface area contributed by atoms with Crippen LogP contribution in [0, 0.1) is 0 Å². The van der Waals surface area contributed by atoms with E-state index < -0.39 is 0 Å². The maximum absolute atomic E-state index is 6.08. The highest BCUT2D eigenvalue weighted by Crippen LogP contribution is 2.28. The molecular weight excluding hydrogens is 274 g/mol. The van der Waals surface area contributed by atoms with Crippen LogP contribution in [0.25, 0.3) is 0 Å². The molecule has 0 aliphatic rings. The van der Waals surface area contributed by atoms with E-state index in [0.29, 0.717) is 23.9 Å². The van der Waals surface area contributed by atoms with Crippen LogP contribution < -0.4 is 11.1 Å². The molecular formula is C14H18ClN5. The number of anilines is 2. The topological polar surface area (TPSA) is 76.7 Å². The molecule has 0 aliphatic heterocycles. The van der Waals surface area contributed by atoms with Gasteiger partial charge in [-0.15, -0.1) is 0 Å².